The molecule has 25 heavy (non-hydrogen) atoms. The van der Waals surface area contributed by atoms with Crippen LogP contribution in [0.25, 0.3) is 0 Å². The van der Waals surface area contributed by atoms with Crippen molar-refractivity contribution in [1.82, 2.24) is 19.4 Å². The van der Waals surface area contributed by atoms with E-state index in [-0.39, 0.29) is 0 Å². The Morgan fingerprint density at radius 1 is 1.44 bits per heavy atom. The van der Waals surface area contributed by atoms with Gasteiger partial charge in [-0.15, -0.1) is 0 Å². The molecule has 2 aromatic heterocycles. The number of ether oxygens (including phenoxy) is 1. The molecular formula is C18H28N4O3. The first kappa shape index (κ1) is 18.1. The van der Waals surface area contributed by atoms with Crippen molar-refractivity contribution in [3.05, 3.63) is 42.4 Å². The third kappa shape index (κ3) is 5.15. The number of hydrogen-bond donors (Lipinski definition) is 1. The zero-order valence-corrected chi connectivity index (χ0v) is 15.0. The van der Waals surface area contributed by atoms with E-state index in [9.17, 15) is 5.11 Å². The molecule has 3 rings (SSSR count). The van der Waals surface area contributed by atoms with Crippen LogP contribution < -0.4 is 0 Å². The van der Waals surface area contributed by atoms with E-state index in [1.54, 1.807) is 6.26 Å². The van der Waals surface area contributed by atoms with Gasteiger partial charge in [-0.3, -0.25) is 9.80 Å². The highest BCUT2D eigenvalue weighted by atomic mass is 16.5. The third-order valence-electron chi connectivity index (χ3n) is 4.72. The molecule has 1 fully saturated rings. The Hall–Kier alpha value is -1.67. The third-order valence-corrected chi connectivity index (χ3v) is 4.72. The molecule has 0 bridgehead atoms. The standard InChI is InChI=1S/C18H28N4O3/c1-15-10-21(7-8-22(15)12-18-19-5-6-20(18)2)11-16(23)13-24-14-17-4-3-9-25-17/h3-6,9,15-16,23H,7-8,10-14H2,1-2H3. The summed E-state index contributed by atoms with van der Waals surface area (Å²) in [4.78, 5) is 9.16. The van der Waals surface area contributed by atoms with Gasteiger partial charge in [0, 0.05) is 51.7 Å². The van der Waals surface area contributed by atoms with Crippen molar-refractivity contribution >= 4 is 0 Å². The summed E-state index contributed by atoms with van der Waals surface area (Å²) in [5.74, 6) is 1.87. The highest BCUT2D eigenvalue weighted by molar-refractivity contribution is 4.96. The molecule has 1 aliphatic heterocycles. The number of aliphatic hydroxyl groups is 1. The molecule has 0 amide bonds. The molecular weight excluding hydrogens is 320 g/mol. The summed E-state index contributed by atoms with van der Waals surface area (Å²) in [5.41, 5.74) is 0. The lowest BCUT2D eigenvalue weighted by atomic mass is 10.1. The normalized spacial score (nSPS) is 20.8. The minimum atomic E-state index is -0.483. The van der Waals surface area contributed by atoms with Gasteiger partial charge in [0.25, 0.3) is 0 Å². The molecule has 0 saturated carbocycles. The summed E-state index contributed by atoms with van der Waals surface area (Å²) in [6.45, 7) is 7.33. The number of β-amino-alcohol motifs (C(OH)–C–C–N with tert-alkyl or cyclic N) is 1. The Morgan fingerprint density at radius 3 is 3.00 bits per heavy atom. The van der Waals surface area contributed by atoms with Crippen LogP contribution in [-0.4, -0.2) is 69.4 Å². The SMILES string of the molecule is CC1CN(CC(O)COCc2ccco2)CCN1Cc1nccn1C. The minimum absolute atomic E-state index is 0.322. The van der Waals surface area contributed by atoms with E-state index in [1.165, 1.54) is 0 Å². The number of nitrogens with zero attached hydrogens (tertiary/aromatic N) is 4. The molecule has 1 aliphatic rings. The zero-order valence-electron chi connectivity index (χ0n) is 15.0. The Morgan fingerprint density at radius 2 is 2.32 bits per heavy atom. The molecule has 7 nitrogen and oxygen atoms in total. The molecule has 138 valence electrons. The van der Waals surface area contributed by atoms with Gasteiger partial charge in [0.15, 0.2) is 0 Å². The number of aliphatic hydroxyl groups excluding tert-OH is 1. The predicted octanol–water partition coefficient (Wildman–Crippen LogP) is 1.10. The van der Waals surface area contributed by atoms with E-state index < -0.39 is 6.10 Å². The number of piperazine rings is 1. The van der Waals surface area contributed by atoms with Crippen LogP contribution in [0.1, 0.15) is 18.5 Å². The first-order valence-corrected chi connectivity index (χ1v) is 8.82. The van der Waals surface area contributed by atoms with Gasteiger partial charge in [-0.25, -0.2) is 4.98 Å². The first-order chi connectivity index (χ1) is 12.1. The summed E-state index contributed by atoms with van der Waals surface area (Å²) in [6, 6.07) is 4.14. The summed E-state index contributed by atoms with van der Waals surface area (Å²) < 4.78 is 12.8. The van der Waals surface area contributed by atoms with Crippen molar-refractivity contribution in [2.24, 2.45) is 7.05 Å². The Bertz CT molecular complexity index is 628. The van der Waals surface area contributed by atoms with Gasteiger partial charge < -0.3 is 18.8 Å². The first-order valence-electron chi connectivity index (χ1n) is 8.82. The van der Waals surface area contributed by atoms with Crippen LogP contribution in [0.2, 0.25) is 0 Å². The maximum atomic E-state index is 10.2. The van der Waals surface area contributed by atoms with Crippen molar-refractivity contribution in [2.75, 3.05) is 32.8 Å². The number of hydrogen-bond acceptors (Lipinski definition) is 6. The topological polar surface area (TPSA) is 66.9 Å². The predicted molar refractivity (Wildman–Crippen MR) is 93.9 cm³/mol. The van der Waals surface area contributed by atoms with Crippen molar-refractivity contribution < 1.29 is 14.3 Å². The molecule has 7 heteroatoms. The average molecular weight is 348 g/mol. The number of rotatable bonds is 8. The van der Waals surface area contributed by atoms with E-state index in [0.29, 0.717) is 25.8 Å². The average Bonchev–Trinajstić information content (AvgIpc) is 3.22. The Labute approximate surface area is 148 Å². The van der Waals surface area contributed by atoms with Gasteiger partial charge in [0.1, 0.15) is 18.2 Å². The summed E-state index contributed by atoms with van der Waals surface area (Å²) in [7, 11) is 2.03. The van der Waals surface area contributed by atoms with Gasteiger partial charge in [0.05, 0.1) is 25.5 Å². The smallest absolute Gasteiger partial charge is 0.129 e. The Kier molecular flexibility index (Phi) is 6.25. The molecule has 0 aromatic carbocycles. The van der Waals surface area contributed by atoms with Gasteiger partial charge in [-0.1, -0.05) is 0 Å². The molecule has 0 radical (unpaired) electrons. The lowest BCUT2D eigenvalue weighted by Gasteiger charge is -2.40. The van der Waals surface area contributed by atoms with Crippen LogP contribution in [-0.2, 0) is 24.9 Å². The van der Waals surface area contributed by atoms with E-state index in [4.69, 9.17) is 9.15 Å². The number of aryl methyl sites for hydroxylation is 1. The van der Waals surface area contributed by atoms with Crippen LogP contribution in [0.15, 0.2) is 35.2 Å². The van der Waals surface area contributed by atoms with E-state index in [2.05, 4.69) is 26.3 Å². The minimum Gasteiger partial charge on any atom is -0.467 e. The van der Waals surface area contributed by atoms with Gasteiger partial charge >= 0.3 is 0 Å². The zero-order chi connectivity index (χ0) is 17.6. The lowest BCUT2D eigenvalue weighted by Crippen LogP contribution is -2.53. The van der Waals surface area contributed by atoms with Crippen molar-refractivity contribution in [2.45, 2.75) is 32.2 Å². The molecule has 2 atom stereocenters. The highest BCUT2D eigenvalue weighted by Crippen LogP contribution is 2.13. The van der Waals surface area contributed by atoms with Crippen LogP contribution in [0, 0.1) is 0 Å². The molecule has 0 spiro atoms. The fraction of sp³-hybridized carbons (Fsp3) is 0.611. The molecule has 1 saturated heterocycles. The van der Waals surface area contributed by atoms with Crippen molar-refractivity contribution in [3.63, 3.8) is 0 Å². The second kappa shape index (κ2) is 8.62. The molecule has 3 heterocycles. The van der Waals surface area contributed by atoms with Gasteiger partial charge in [-0.2, -0.15) is 0 Å². The van der Waals surface area contributed by atoms with Crippen molar-refractivity contribution in [1.29, 1.82) is 0 Å². The molecule has 0 aliphatic carbocycles. The molecule has 1 N–H and O–H groups in total. The Balaban J connectivity index is 1.37. The fourth-order valence-electron chi connectivity index (χ4n) is 3.24. The van der Waals surface area contributed by atoms with E-state index >= 15 is 0 Å². The summed E-state index contributed by atoms with van der Waals surface area (Å²) in [5, 5.41) is 10.2. The van der Waals surface area contributed by atoms with Gasteiger partial charge in [0.2, 0.25) is 0 Å². The second-order valence-corrected chi connectivity index (χ2v) is 6.78. The number of furan rings is 1. The van der Waals surface area contributed by atoms with Crippen LogP contribution >= 0.6 is 0 Å². The lowest BCUT2D eigenvalue weighted by molar-refractivity contribution is -0.0108. The van der Waals surface area contributed by atoms with E-state index in [1.807, 2.05) is 31.6 Å². The maximum Gasteiger partial charge on any atom is 0.129 e. The monoisotopic (exact) mass is 348 g/mol. The number of aromatic nitrogens is 2. The fourth-order valence-corrected chi connectivity index (χ4v) is 3.24. The quantitative estimate of drug-likeness (QED) is 0.771. The number of imidazole rings is 1. The maximum absolute atomic E-state index is 10.2. The van der Waals surface area contributed by atoms with Crippen molar-refractivity contribution in [3.8, 4) is 0 Å². The second-order valence-electron chi connectivity index (χ2n) is 6.78. The van der Waals surface area contributed by atoms with Crippen LogP contribution in [0.3, 0.4) is 0 Å². The summed E-state index contributed by atoms with van der Waals surface area (Å²) >= 11 is 0. The van der Waals surface area contributed by atoms with Crippen LogP contribution in [0.4, 0.5) is 0 Å². The van der Waals surface area contributed by atoms with Gasteiger partial charge in [-0.05, 0) is 19.1 Å². The largest absolute Gasteiger partial charge is 0.467 e. The highest BCUT2D eigenvalue weighted by Gasteiger charge is 2.25. The molecule has 2 unspecified atom stereocenters. The molecule has 2 aromatic rings. The van der Waals surface area contributed by atoms with E-state index in [0.717, 1.165) is 37.8 Å². The van der Waals surface area contributed by atoms with Crippen LogP contribution in [0.5, 0.6) is 0 Å². The summed E-state index contributed by atoms with van der Waals surface area (Å²) in [6.07, 6.45) is 4.97.